The molecular weight excluding hydrogens is 350 g/mol. The van der Waals surface area contributed by atoms with Crippen molar-refractivity contribution in [3.05, 3.63) is 72.2 Å². The van der Waals surface area contributed by atoms with Gasteiger partial charge in [-0.25, -0.2) is 13.1 Å². The molecule has 0 aliphatic rings. The molecule has 7 heteroatoms. The third kappa shape index (κ3) is 4.07. The highest BCUT2D eigenvalue weighted by Crippen LogP contribution is 2.27. The predicted octanol–water partition coefficient (Wildman–Crippen LogP) is 2.94. The van der Waals surface area contributed by atoms with E-state index in [-0.39, 0.29) is 11.4 Å². The normalized spacial score (nSPS) is 11.3. The largest absolute Gasteiger partial charge is 0.494 e. The molecule has 3 aromatic rings. The Labute approximate surface area is 153 Å². The zero-order valence-corrected chi connectivity index (χ0v) is 15.3. The molecule has 3 rings (SSSR count). The lowest BCUT2D eigenvalue weighted by atomic mass is 10.1. The molecule has 0 spiro atoms. The zero-order chi connectivity index (χ0) is 18.6. The van der Waals surface area contributed by atoms with Crippen LogP contribution in [0.2, 0.25) is 0 Å². The van der Waals surface area contributed by atoms with E-state index in [1.54, 1.807) is 50.0 Å². The van der Waals surface area contributed by atoms with E-state index in [4.69, 9.17) is 4.74 Å². The van der Waals surface area contributed by atoms with Crippen molar-refractivity contribution in [3.8, 4) is 17.0 Å². The monoisotopic (exact) mass is 369 g/mol. The lowest BCUT2D eigenvalue weighted by Crippen LogP contribution is -2.23. The second-order valence-electron chi connectivity index (χ2n) is 5.77. The van der Waals surface area contributed by atoms with Crippen molar-refractivity contribution in [1.29, 1.82) is 0 Å². The first-order valence-corrected chi connectivity index (χ1v) is 9.47. The highest BCUT2D eigenvalue weighted by atomic mass is 32.2. The number of pyridine rings is 2. The van der Waals surface area contributed by atoms with Crippen LogP contribution in [0.4, 0.5) is 0 Å². The highest BCUT2D eigenvalue weighted by molar-refractivity contribution is 7.89. The summed E-state index contributed by atoms with van der Waals surface area (Å²) < 4.78 is 32.9. The average Bonchev–Trinajstić information content (AvgIpc) is 2.67. The van der Waals surface area contributed by atoms with Crippen LogP contribution < -0.4 is 9.46 Å². The molecule has 0 fully saturated rings. The molecule has 0 saturated carbocycles. The lowest BCUT2D eigenvalue weighted by molar-refractivity contribution is 0.414. The second-order valence-corrected chi connectivity index (χ2v) is 7.53. The van der Waals surface area contributed by atoms with Gasteiger partial charge in [0.15, 0.2) is 0 Å². The number of aromatic nitrogens is 2. The van der Waals surface area contributed by atoms with E-state index in [0.29, 0.717) is 11.4 Å². The number of hydrogen-bond acceptors (Lipinski definition) is 5. The Morgan fingerprint density at radius 1 is 1.12 bits per heavy atom. The molecular formula is C19H19N3O3S. The fourth-order valence-corrected chi connectivity index (χ4v) is 3.65. The summed E-state index contributed by atoms with van der Waals surface area (Å²) in [6.45, 7) is 2.02. The molecule has 6 nitrogen and oxygen atoms in total. The fourth-order valence-electron chi connectivity index (χ4n) is 2.53. The van der Waals surface area contributed by atoms with Crippen LogP contribution in [0.5, 0.6) is 5.75 Å². The number of nitrogens with zero attached hydrogens (tertiary/aromatic N) is 2. The van der Waals surface area contributed by atoms with E-state index in [9.17, 15) is 8.42 Å². The summed E-state index contributed by atoms with van der Waals surface area (Å²) in [5.41, 5.74) is 3.18. The van der Waals surface area contributed by atoms with E-state index < -0.39 is 10.0 Å². The fraction of sp³-hybridized carbons (Fsp3) is 0.158. The maximum absolute atomic E-state index is 12.5. The Bertz CT molecular complexity index is 1020. The van der Waals surface area contributed by atoms with E-state index in [1.165, 1.54) is 0 Å². The number of aryl methyl sites for hydroxylation is 1. The van der Waals surface area contributed by atoms with Gasteiger partial charge in [0.25, 0.3) is 0 Å². The number of benzene rings is 1. The summed E-state index contributed by atoms with van der Waals surface area (Å²) >= 11 is 0. The smallest absolute Gasteiger partial charge is 0.240 e. The van der Waals surface area contributed by atoms with Crippen molar-refractivity contribution >= 4 is 10.0 Å². The van der Waals surface area contributed by atoms with Crippen LogP contribution in [-0.4, -0.2) is 25.5 Å². The van der Waals surface area contributed by atoms with Gasteiger partial charge in [0, 0.05) is 24.5 Å². The van der Waals surface area contributed by atoms with Crippen LogP contribution >= 0.6 is 0 Å². The van der Waals surface area contributed by atoms with Crippen LogP contribution in [0.15, 0.2) is 66.0 Å². The predicted molar refractivity (Wildman–Crippen MR) is 99.2 cm³/mol. The third-order valence-corrected chi connectivity index (χ3v) is 5.27. The number of hydrogen-bond donors (Lipinski definition) is 1. The minimum atomic E-state index is -3.58. The molecule has 0 unspecified atom stereocenters. The molecule has 134 valence electrons. The Morgan fingerprint density at radius 3 is 2.73 bits per heavy atom. The second kappa shape index (κ2) is 7.63. The molecule has 0 amide bonds. The van der Waals surface area contributed by atoms with Gasteiger partial charge in [-0.15, -0.1) is 0 Å². The van der Waals surface area contributed by atoms with Gasteiger partial charge in [0.2, 0.25) is 10.0 Å². The van der Waals surface area contributed by atoms with Gasteiger partial charge in [0.1, 0.15) is 5.75 Å². The first kappa shape index (κ1) is 18.0. The van der Waals surface area contributed by atoms with E-state index >= 15 is 0 Å². The molecule has 0 saturated heterocycles. The maximum atomic E-state index is 12.5. The standard InChI is InChI=1S/C19H19N3O3S/c1-14-4-3-5-16(10-14)26(23,24)22-12-15-6-9-21-18(11-15)17-7-8-20-13-19(17)25-2/h3-11,13,22H,12H2,1-2H3. The van der Waals surface area contributed by atoms with Crippen molar-refractivity contribution in [2.24, 2.45) is 0 Å². The van der Waals surface area contributed by atoms with Crippen LogP contribution in [-0.2, 0) is 16.6 Å². The van der Waals surface area contributed by atoms with Gasteiger partial charge in [-0.05, 0) is 48.4 Å². The summed E-state index contributed by atoms with van der Waals surface area (Å²) in [6, 6.07) is 12.2. The van der Waals surface area contributed by atoms with Gasteiger partial charge in [-0.2, -0.15) is 0 Å². The number of rotatable bonds is 6. The quantitative estimate of drug-likeness (QED) is 0.722. The lowest BCUT2D eigenvalue weighted by Gasteiger charge is -2.10. The first-order valence-electron chi connectivity index (χ1n) is 7.99. The minimum Gasteiger partial charge on any atom is -0.494 e. The molecule has 26 heavy (non-hydrogen) atoms. The van der Waals surface area contributed by atoms with Crippen molar-refractivity contribution in [3.63, 3.8) is 0 Å². The van der Waals surface area contributed by atoms with Gasteiger partial charge in [-0.3, -0.25) is 9.97 Å². The van der Waals surface area contributed by atoms with Gasteiger partial charge < -0.3 is 4.74 Å². The summed E-state index contributed by atoms with van der Waals surface area (Å²) in [4.78, 5) is 8.63. The van der Waals surface area contributed by atoms with Crippen LogP contribution in [0.3, 0.4) is 0 Å². The Hall–Kier alpha value is -2.77. The number of methoxy groups -OCH3 is 1. The minimum absolute atomic E-state index is 0.166. The van der Waals surface area contributed by atoms with Crippen molar-refractivity contribution in [2.45, 2.75) is 18.4 Å². The molecule has 0 radical (unpaired) electrons. The van der Waals surface area contributed by atoms with Gasteiger partial charge >= 0.3 is 0 Å². The Morgan fingerprint density at radius 2 is 1.96 bits per heavy atom. The summed E-state index contributed by atoms with van der Waals surface area (Å²) in [6.07, 6.45) is 4.92. The molecule has 2 aromatic heterocycles. The number of ether oxygens (including phenoxy) is 1. The number of sulfonamides is 1. The molecule has 0 aliphatic carbocycles. The van der Waals surface area contributed by atoms with E-state index in [0.717, 1.165) is 16.7 Å². The van der Waals surface area contributed by atoms with Gasteiger partial charge in [-0.1, -0.05) is 12.1 Å². The van der Waals surface area contributed by atoms with E-state index in [2.05, 4.69) is 14.7 Å². The zero-order valence-electron chi connectivity index (χ0n) is 14.5. The Balaban J connectivity index is 1.81. The summed E-state index contributed by atoms with van der Waals surface area (Å²) in [7, 11) is -2.01. The van der Waals surface area contributed by atoms with E-state index in [1.807, 2.05) is 25.1 Å². The maximum Gasteiger partial charge on any atom is 0.240 e. The van der Waals surface area contributed by atoms with Crippen molar-refractivity contribution in [2.75, 3.05) is 7.11 Å². The molecule has 2 heterocycles. The molecule has 0 aliphatic heterocycles. The number of nitrogens with one attached hydrogen (secondary N) is 1. The van der Waals surface area contributed by atoms with Crippen LogP contribution in [0, 0.1) is 6.92 Å². The van der Waals surface area contributed by atoms with Crippen molar-refractivity contribution in [1.82, 2.24) is 14.7 Å². The molecule has 1 aromatic carbocycles. The SMILES string of the molecule is COc1cnccc1-c1cc(CNS(=O)(=O)c2cccc(C)c2)ccn1. The third-order valence-electron chi connectivity index (χ3n) is 3.87. The van der Waals surface area contributed by atoms with Crippen molar-refractivity contribution < 1.29 is 13.2 Å². The summed E-state index contributed by atoms with van der Waals surface area (Å²) in [5, 5.41) is 0. The first-order chi connectivity index (χ1) is 12.5. The average molecular weight is 369 g/mol. The molecule has 1 N–H and O–H groups in total. The van der Waals surface area contributed by atoms with Gasteiger partial charge in [0.05, 0.1) is 23.9 Å². The highest BCUT2D eigenvalue weighted by Gasteiger charge is 2.14. The Kier molecular flexibility index (Phi) is 5.29. The van der Waals surface area contributed by atoms with Crippen LogP contribution in [0.25, 0.3) is 11.3 Å². The van der Waals surface area contributed by atoms with Crippen LogP contribution in [0.1, 0.15) is 11.1 Å². The topological polar surface area (TPSA) is 81.2 Å². The summed E-state index contributed by atoms with van der Waals surface area (Å²) in [5.74, 6) is 0.609. The molecule has 0 atom stereocenters. The molecule has 0 bridgehead atoms.